The van der Waals surface area contributed by atoms with E-state index < -0.39 is 11.6 Å². The molecule has 0 unspecified atom stereocenters. The Balaban J connectivity index is 1.65. The first-order valence-electron chi connectivity index (χ1n) is 9.92. The summed E-state index contributed by atoms with van der Waals surface area (Å²) in [5.74, 6) is -1.56. The number of carbonyl (C=O) groups excluding carboxylic acids is 1. The molecule has 0 saturated carbocycles. The van der Waals surface area contributed by atoms with Crippen LogP contribution in [-0.2, 0) is 17.8 Å². The number of hydrogen-bond acceptors (Lipinski definition) is 4. The highest BCUT2D eigenvalue weighted by molar-refractivity contribution is 7.22. The van der Waals surface area contributed by atoms with Crippen LogP contribution >= 0.6 is 11.3 Å². The Morgan fingerprint density at radius 3 is 2.52 bits per heavy atom. The van der Waals surface area contributed by atoms with Crippen LogP contribution in [0.4, 0.5) is 13.9 Å². The maximum Gasteiger partial charge on any atom is 0.233 e. The fourth-order valence-electron chi connectivity index (χ4n) is 3.46. The summed E-state index contributed by atoms with van der Waals surface area (Å²) in [6.07, 6.45) is 0.185. The van der Waals surface area contributed by atoms with Crippen molar-refractivity contribution in [3.63, 3.8) is 0 Å². The third kappa shape index (κ3) is 4.64. The largest absolute Gasteiger partial charge is 0.286 e. The Hall–Kier alpha value is -3.13. The molecule has 0 radical (unpaired) electrons. The monoisotopic (exact) mass is 440 g/mol. The topological polar surface area (TPSA) is 51.0 Å². The number of carbonyl (C=O) groups is 1. The van der Waals surface area contributed by atoms with Gasteiger partial charge in [0, 0.05) is 18.3 Å². The van der Waals surface area contributed by atoms with Crippen molar-refractivity contribution in [3.05, 3.63) is 76.6 Å². The number of aromatic nitrogens is 3. The summed E-state index contributed by atoms with van der Waals surface area (Å²) < 4.78 is 30.0. The van der Waals surface area contributed by atoms with Crippen molar-refractivity contribution >= 4 is 32.6 Å². The first-order chi connectivity index (χ1) is 14.8. The van der Waals surface area contributed by atoms with Crippen LogP contribution < -0.4 is 4.90 Å². The van der Waals surface area contributed by atoms with Crippen molar-refractivity contribution in [2.45, 2.75) is 33.7 Å². The standard InChI is InChI=1S/C23H22F2N4OS/c1-14-4-6-17(7-5-14)11-21(30)28(8-9-29-16(3)10-15(2)27-29)23-26-22-19(25)12-18(24)13-20(22)31-23/h4-7,10,12-13H,8-9,11H2,1-3H3. The third-order valence-corrected chi connectivity index (χ3v) is 6.07. The van der Waals surface area contributed by atoms with E-state index in [1.165, 1.54) is 6.07 Å². The van der Waals surface area contributed by atoms with Crippen molar-refractivity contribution < 1.29 is 13.6 Å². The van der Waals surface area contributed by atoms with Gasteiger partial charge in [-0.2, -0.15) is 5.10 Å². The number of aryl methyl sites for hydroxylation is 3. The summed E-state index contributed by atoms with van der Waals surface area (Å²) in [4.78, 5) is 19.1. The molecule has 0 saturated heterocycles. The van der Waals surface area contributed by atoms with Gasteiger partial charge in [-0.3, -0.25) is 14.4 Å². The van der Waals surface area contributed by atoms with E-state index >= 15 is 0 Å². The quantitative estimate of drug-likeness (QED) is 0.425. The van der Waals surface area contributed by atoms with Crippen LogP contribution in [0.25, 0.3) is 10.2 Å². The van der Waals surface area contributed by atoms with Gasteiger partial charge in [0.05, 0.1) is 23.4 Å². The van der Waals surface area contributed by atoms with Crippen LogP contribution in [0.5, 0.6) is 0 Å². The van der Waals surface area contributed by atoms with Crippen LogP contribution in [-0.4, -0.2) is 27.2 Å². The summed E-state index contributed by atoms with van der Waals surface area (Å²) in [6.45, 7) is 6.63. The second-order valence-corrected chi connectivity index (χ2v) is 8.60. The van der Waals surface area contributed by atoms with Gasteiger partial charge < -0.3 is 0 Å². The van der Waals surface area contributed by atoms with E-state index in [0.29, 0.717) is 22.9 Å². The van der Waals surface area contributed by atoms with E-state index in [1.807, 2.05) is 55.8 Å². The zero-order valence-corrected chi connectivity index (χ0v) is 18.3. The highest BCUT2D eigenvalue weighted by atomic mass is 32.1. The van der Waals surface area contributed by atoms with Crippen molar-refractivity contribution in [3.8, 4) is 0 Å². The molecule has 0 aliphatic carbocycles. The first kappa shape index (κ1) is 21.1. The molecular weight excluding hydrogens is 418 g/mol. The SMILES string of the molecule is Cc1ccc(CC(=O)N(CCn2nc(C)cc2C)c2nc3c(F)cc(F)cc3s2)cc1. The lowest BCUT2D eigenvalue weighted by atomic mass is 10.1. The van der Waals surface area contributed by atoms with E-state index in [2.05, 4.69) is 10.1 Å². The zero-order chi connectivity index (χ0) is 22.1. The number of hydrogen-bond donors (Lipinski definition) is 0. The van der Waals surface area contributed by atoms with Crippen molar-refractivity contribution in [1.29, 1.82) is 0 Å². The molecule has 2 heterocycles. The fourth-order valence-corrected chi connectivity index (χ4v) is 4.51. The van der Waals surface area contributed by atoms with Crippen LogP contribution in [0.2, 0.25) is 0 Å². The lowest BCUT2D eigenvalue weighted by Crippen LogP contribution is -2.35. The normalized spacial score (nSPS) is 11.3. The van der Waals surface area contributed by atoms with Crippen LogP contribution in [0.1, 0.15) is 22.5 Å². The second kappa shape index (κ2) is 8.55. The van der Waals surface area contributed by atoms with Gasteiger partial charge >= 0.3 is 0 Å². The van der Waals surface area contributed by atoms with Gasteiger partial charge in [0.15, 0.2) is 10.9 Å². The highest BCUT2D eigenvalue weighted by Gasteiger charge is 2.22. The minimum atomic E-state index is -0.734. The molecule has 0 aliphatic rings. The number of thiazole rings is 1. The zero-order valence-electron chi connectivity index (χ0n) is 17.5. The lowest BCUT2D eigenvalue weighted by Gasteiger charge is -2.20. The maximum absolute atomic E-state index is 14.2. The number of benzene rings is 2. The molecule has 0 atom stereocenters. The molecule has 0 bridgehead atoms. The molecule has 5 nitrogen and oxygen atoms in total. The van der Waals surface area contributed by atoms with Gasteiger partial charge in [-0.05, 0) is 38.5 Å². The van der Waals surface area contributed by atoms with Gasteiger partial charge in [-0.1, -0.05) is 41.2 Å². The van der Waals surface area contributed by atoms with E-state index in [4.69, 9.17) is 0 Å². The predicted octanol–water partition coefficient (Wildman–Crippen LogP) is 4.97. The summed E-state index contributed by atoms with van der Waals surface area (Å²) in [7, 11) is 0. The number of rotatable bonds is 6. The molecule has 0 aliphatic heterocycles. The van der Waals surface area contributed by atoms with E-state index in [-0.39, 0.29) is 17.8 Å². The van der Waals surface area contributed by atoms with Gasteiger partial charge in [-0.15, -0.1) is 0 Å². The summed E-state index contributed by atoms with van der Waals surface area (Å²) in [5.41, 5.74) is 3.94. The van der Waals surface area contributed by atoms with Gasteiger partial charge in [0.25, 0.3) is 0 Å². The summed E-state index contributed by atoms with van der Waals surface area (Å²) in [6, 6.07) is 11.8. The Kier molecular flexibility index (Phi) is 5.82. The van der Waals surface area contributed by atoms with Gasteiger partial charge in [-0.25, -0.2) is 13.8 Å². The van der Waals surface area contributed by atoms with Crippen molar-refractivity contribution in [2.24, 2.45) is 0 Å². The first-order valence-corrected chi connectivity index (χ1v) is 10.7. The fraction of sp³-hybridized carbons (Fsp3) is 0.261. The van der Waals surface area contributed by atoms with Crippen LogP contribution in [0, 0.1) is 32.4 Å². The Bertz CT molecular complexity index is 1250. The molecule has 4 rings (SSSR count). The Labute approximate surface area is 183 Å². The number of amides is 1. The average molecular weight is 441 g/mol. The van der Waals surface area contributed by atoms with E-state index in [0.717, 1.165) is 39.9 Å². The number of nitrogens with zero attached hydrogens (tertiary/aromatic N) is 4. The molecule has 0 fully saturated rings. The Morgan fingerprint density at radius 1 is 1.10 bits per heavy atom. The smallest absolute Gasteiger partial charge is 0.233 e. The number of anilines is 1. The van der Waals surface area contributed by atoms with E-state index in [1.54, 1.807) is 4.90 Å². The van der Waals surface area contributed by atoms with E-state index in [9.17, 15) is 13.6 Å². The second-order valence-electron chi connectivity index (χ2n) is 7.59. The molecule has 8 heteroatoms. The minimum Gasteiger partial charge on any atom is -0.286 e. The highest BCUT2D eigenvalue weighted by Crippen LogP contribution is 2.31. The predicted molar refractivity (Wildman–Crippen MR) is 118 cm³/mol. The third-order valence-electron chi connectivity index (χ3n) is 5.05. The molecule has 0 spiro atoms. The molecule has 2 aromatic heterocycles. The molecule has 1 amide bonds. The van der Waals surface area contributed by atoms with Gasteiger partial charge in [0.2, 0.25) is 5.91 Å². The summed E-state index contributed by atoms with van der Waals surface area (Å²) >= 11 is 1.10. The molecular formula is C23H22F2N4OS. The molecule has 2 aromatic carbocycles. The molecule has 4 aromatic rings. The van der Waals surface area contributed by atoms with Gasteiger partial charge in [0.1, 0.15) is 11.3 Å². The number of fused-ring (bicyclic) bond motifs is 1. The average Bonchev–Trinajstić information content (AvgIpc) is 3.26. The van der Waals surface area contributed by atoms with Crippen LogP contribution in [0.3, 0.4) is 0 Å². The van der Waals surface area contributed by atoms with Crippen molar-refractivity contribution in [1.82, 2.24) is 14.8 Å². The minimum absolute atomic E-state index is 0.0700. The Morgan fingerprint density at radius 2 is 1.84 bits per heavy atom. The molecule has 0 N–H and O–H groups in total. The van der Waals surface area contributed by atoms with Crippen LogP contribution in [0.15, 0.2) is 42.5 Å². The molecule has 160 valence electrons. The number of halogens is 2. The summed E-state index contributed by atoms with van der Waals surface area (Å²) in [5, 5.41) is 4.79. The lowest BCUT2D eigenvalue weighted by molar-refractivity contribution is -0.118. The molecule has 31 heavy (non-hydrogen) atoms. The maximum atomic E-state index is 14.2. The van der Waals surface area contributed by atoms with Crippen molar-refractivity contribution in [2.75, 3.05) is 11.4 Å².